The molecule has 4 heteroatoms. The van der Waals surface area contributed by atoms with E-state index >= 15 is 0 Å². The molecule has 12 heavy (non-hydrogen) atoms. The van der Waals surface area contributed by atoms with Gasteiger partial charge in [0.25, 0.3) is 0 Å². The van der Waals surface area contributed by atoms with Crippen molar-refractivity contribution in [2.75, 3.05) is 5.33 Å². The van der Waals surface area contributed by atoms with Crippen molar-refractivity contribution in [1.82, 2.24) is 14.8 Å². The smallest absolute Gasteiger partial charge is 0.138 e. The third-order valence-corrected chi connectivity index (χ3v) is 2.23. The summed E-state index contributed by atoms with van der Waals surface area (Å²) in [5.41, 5.74) is 0. The van der Waals surface area contributed by atoms with Gasteiger partial charge in [0.05, 0.1) is 0 Å². The highest BCUT2D eigenvalue weighted by Gasteiger charge is 2.01. The first kappa shape index (κ1) is 9.71. The zero-order chi connectivity index (χ0) is 8.81. The Morgan fingerprint density at radius 1 is 1.58 bits per heavy atom. The molecule has 0 unspecified atom stereocenters. The van der Waals surface area contributed by atoms with Crippen molar-refractivity contribution in [1.29, 1.82) is 0 Å². The van der Waals surface area contributed by atoms with Gasteiger partial charge in [0.2, 0.25) is 0 Å². The van der Waals surface area contributed by atoms with Crippen LogP contribution in [0.3, 0.4) is 0 Å². The van der Waals surface area contributed by atoms with E-state index < -0.39 is 0 Å². The Hall–Kier alpha value is -0.380. The minimum absolute atomic E-state index is 0.984. The zero-order valence-electron chi connectivity index (χ0n) is 7.33. The Kier molecular flexibility index (Phi) is 4.29. The predicted octanol–water partition coefficient (Wildman–Crippen LogP) is 2.02. The van der Waals surface area contributed by atoms with Gasteiger partial charge in [-0.15, -0.1) is 0 Å². The number of aromatic nitrogens is 3. The van der Waals surface area contributed by atoms with Gasteiger partial charge in [-0.25, -0.2) is 4.98 Å². The Labute approximate surface area is 81.3 Å². The van der Waals surface area contributed by atoms with Gasteiger partial charge >= 0.3 is 0 Å². The topological polar surface area (TPSA) is 30.7 Å². The van der Waals surface area contributed by atoms with Crippen molar-refractivity contribution in [3.05, 3.63) is 12.2 Å². The summed E-state index contributed by atoms with van der Waals surface area (Å²) in [5, 5.41) is 5.18. The molecule has 0 aliphatic carbocycles. The number of aryl methyl sites for hydroxylation is 2. The lowest BCUT2D eigenvalue weighted by Gasteiger charge is -2.02. The van der Waals surface area contributed by atoms with Crippen molar-refractivity contribution in [3.8, 4) is 0 Å². The molecule has 0 fully saturated rings. The summed E-state index contributed by atoms with van der Waals surface area (Å²) in [6.45, 7) is 3.13. The van der Waals surface area contributed by atoms with E-state index in [-0.39, 0.29) is 0 Å². The van der Waals surface area contributed by atoms with Crippen LogP contribution in [-0.2, 0) is 13.0 Å². The van der Waals surface area contributed by atoms with Crippen LogP contribution in [0.5, 0.6) is 0 Å². The number of hydrogen-bond acceptors (Lipinski definition) is 2. The summed E-state index contributed by atoms with van der Waals surface area (Å²) >= 11 is 3.40. The van der Waals surface area contributed by atoms with Crippen LogP contribution in [0, 0.1) is 0 Å². The van der Waals surface area contributed by atoms with Crippen molar-refractivity contribution in [3.63, 3.8) is 0 Å². The van der Waals surface area contributed by atoms with E-state index in [1.165, 1.54) is 0 Å². The number of hydrogen-bond donors (Lipinski definition) is 0. The highest BCUT2D eigenvalue weighted by Crippen LogP contribution is 2.01. The molecule has 1 aromatic heterocycles. The van der Waals surface area contributed by atoms with Gasteiger partial charge in [0.1, 0.15) is 12.2 Å². The first-order valence-electron chi connectivity index (χ1n) is 4.31. The highest BCUT2D eigenvalue weighted by atomic mass is 79.9. The first-order valence-corrected chi connectivity index (χ1v) is 5.43. The number of halogens is 1. The molecule has 0 amide bonds. The molecular formula is C8H14BrN3. The summed E-state index contributed by atoms with van der Waals surface area (Å²) in [4.78, 5) is 4.20. The van der Waals surface area contributed by atoms with Crippen LogP contribution in [0.1, 0.15) is 25.6 Å². The van der Waals surface area contributed by atoms with Crippen LogP contribution in [0.4, 0.5) is 0 Å². The second-order valence-electron chi connectivity index (χ2n) is 2.69. The fourth-order valence-electron chi connectivity index (χ4n) is 1.11. The molecule has 0 radical (unpaired) electrons. The fraction of sp³-hybridized carbons (Fsp3) is 0.750. The van der Waals surface area contributed by atoms with Crippen molar-refractivity contribution in [2.45, 2.75) is 32.7 Å². The normalized spacial score (nSPS) is 10.5. The summed E-state index contributed by atoms with van der Waals surface area (Å²) in [5.74, 6) is 1.11. The van der Waals surface area contributed by atoms with Crippen LogP contribution in [0.15, 0.2) is 6.33 Å². The van der Waals surface area contributed by atoms with Crippen LogP contribution in [0.25, 0.3) is 0 Å². The molecule has 3 nitrogen and oxygen atoms in total. The minimum atomic E-state index is 0.984. The van der Waals surface area contributed by atoms with E-state index in [4.69, 9.17) is 0 Å². The van der Waals surface area contributed by atoms with E-state index in [0.717, 1.165) is 37.0 Å². The van der Waals surface area contributed by atoms with Gasteiger partial charge in [-0.1, -0.05) is 22.9 Å². The second kappa shape index (κ2) is 5.30. The summed E-state index contributed by atoms with van der Waals surface area (Å²) in [7, 11) is 0. The maximum atomic E-state index is 4.20. The van der Waals surface area contributed by atoms with Crippen LogP contribution in [0.2, 0.25) is 0 Å². The van der Waals surface area contributed by atoms with Crippen molar-refractivity contribution < 1.29 is 0 Å². The van der Waals surface area contributed by atoms with Crippen LogP contribution >= 0.6 is 15.9 Å². The molecule has 0 spiro atoms. The lowest BCUT2D eigenvalue weighted by Crippen LogP contribution is -2.05. The SMILES string of the molecule is CCCn1ncnc1CCCBr. The van der Waals surface area contributed by atoms with Crippen LogP contribution in [-0.4, -0.2) is 20.1 Å². The molecule has 1 heterocycles. The summed E-state index contributed by atoms with van der Waals surface area (Å²) in [6, 6.07) is 0. The average Bonchev–Trinajstić information content (AvgIpc) is 2.50. The molecular weight excluding hydrogens is 218 g/mol. The standard InChI is InChI=1S/C8H14BrN3/c1-2-6-12-8(4-3-5-9)10-7-11-12/h7H,2-6H2,1H3. The van der Waals surface area contributed by atoms with Gasteiger partial charge in [-0.3, -0.25) is 4.68 Å². The third-order valence-electron chi connectivity index (χ3n) is 1.67. The molecule has 0 atom stereocenters. The monoisotopic (exact) mass is 231 g/mol. The lowest BCUT2D eigenvalue weighted by molar-refractivity contribution is 0.566. The minimum Gasteiger partial charge on any atom is -0.250 e. The molecule has 0 aromatic carbocycles. The number of rotatable bonds is 5. The molecule has 0 aliphatic rings. The van der Waals surface area contributed by atoms with E-state index in [1.807, 2.05) is 4.68 Å². The van der Waals surface area contributed by atoms with Crippen LogP contribution < -0.4 is 0 Å². The van der Waals surface area contributed by atoms with E-state index in [2.05, 4.69) is 32.9 Å². The van der Waals surface area contributed by atoms with E-state index in [9.17, 15) is 0 Å². The molecule has 0 N–H and O–H groups in total. The van der Waals surface area contributed by atoms with Gasteiger partial charge in [0, 0.05) is 18.3 Å². The lowest BCUT2D eigenvalue weighted by atomic mass is 10.3. The summed E-state index contributed by atoms with van der Waals surface area (Å²) in [6.07, 6.45) is 4.90. The molecule has 68 valence electrons. The Morgan fingerprint density at radius 2 is 2.42 bits per heavy atom. The van der Waals surface area contributed by atoms with E-state index in [1.54, 1.807) is 6.33 Å². The van der Waals surface area contributed by atoms with Gasteiger partial charge < -0.3 is 0 Å². The third kappa shape index (κ3) is 2.59. The van der Waals surface area contributed by atoms with Gasteiger partial charge in [-0.2, -0.15) is 5.10 Å². The molecule has 0 saturated carbocycles. The highest BCUT2D eigenvalue weighted by molar-refractivity contribution is 9.09. The maximum Gasteiger partial charge on any atom is 0.138 e. The van der Waals surface area contributed by atoms with E-state index in [0.29, 0.717) is 0 Å². The Balaban J connectivity index is 2.51. The predicted molar refractivity (Wildman–Crippen MR) is 52.4 cm³/mol. The Bertz CT molecular complexity index is 222. The molecule has 0 saturated heterocycles. The number of nitrogens with zero attached hydrogens (tertiary/aromatic N) is 3. The van der Waals surface area contributed by atoms with Crippen molar-refractivity contribution in [2.24, 2.45) is 0 Å². The average molecular weight is 232 g/mol. The zero-order valence-corrected chi connectivity index (χ0v) is 8.92. The fourth-order valence-corrected chi connectivity index (χ4v) is 1.39. The Morgan fingerprint density at radius 3 is 3.08 bits per heavy atom. The molecule has 0 bridgehead atoms. The largest absolute Gasteiger partial charge is 0.250 e. The number of alkyl halides is 1. The molecule has 0 aliphatic heterocycles. The first-order chi connectivity index (χ1) is 5.88. The maximum absolute atomic E-state index is 4.20. The molecule has 1 aromatic rings. The molecule has 1 rings (SSSR count). The summed E-state index contributed by atoms with van der Waals surface area (Å²) < 4.78 is 1.99. The second-order valence-corrected chi connectivity index (χ2v) is 3.48. The van der Waals surface area contributed by atoms with Gasteiger partial charge in [-0.05, 0) is 12.8 Å². The van der Waals surface area contributed by atoms with Gasteiger partial charge in [0.15, 0.2) is 0 Å². The quantitative estimate of drug-likeness (QED) is 0.727. The van der Waals surface area contributed by atoms with Crippen molar-refractivity contribution >= 4 is 15.9 Å².